The Morgan fingerprint density at radius 1 is 0.450 bits per heavy atom. The number of hydrogen-bond acceptors (Lipinski definition) is 0. The topological polar surface area (TPSA) is 0 Å². The van der Waals surface area contributed by atoms with Crippen molar-refractivity contribution in [3.63, 3.8) is 0 Å². The van der Waals surface area contributed by atoms with Crippen molar-refractivity contribution < 1.29 is 0 Å². The van der Waals surface area contributed by atoms with E-state index in [0.717, 1.165) is 8.95 Å². The predicted molar refractivity (Wildman–Crippen MR) is 175 cm³/mol. The van der Waals surface area contributed by atoms with E-state index in [1.54, 1.807) is 0 Å². The van der Waals surface area contributed by atoms with Crippen LogP contribution in [0, 0.1) is 6.92 Å². The van der Waals surface area contributed by atoms with Crippen molar-refractivity contribution in [3.05, 3.63) is 176 Å². The molecule has 1 aliphatic rings. The molecule has 0 nitrogen and oxygen atoms in total. The molecule has 6 aromatic carbocycles. The lowest BCUT2D eigenvalue weighted by atomic mass is 9.67. The summed E-state index contributed by atoms with van der Waals surface area (Å²) in [4.78, 5) is 0. The van der Waals surface area contributed by atoms with E-state index in [1.807, 2.05) is 0 Å². The summed E-state index contributed by atoms with van der Waals surface area (Å²) >= 11 is 7.58. The van der Waals surface area contributed by atoms with Gasteiger partial charge in [0.1, 0.15) is 0 Å². The van der Waals surface area contributed by atoms with Crippen LogP contribution >= 0.6 is 31.9 Å². The van der Waals surface area contributed by atoms with Crippen LogP contribution in [0.5, 0.6) is 0 Å². The lowest BCUT2D eigenvalue weighted by Gasteiger charge is -2.34. The monoisotopic (exact) mass is 640 g/mol. The highest BCUT2D eigenvalue weighted by molar-refractivity contribution is 9.10. The molecule has 0 N–H and O–H groups in total. The molecule has 2 heteroatoms. The Bertz CT molecular complexity index is 1840. The molecule has 0 atom stereocenters. The molecule has 0 bridgehead atoms. The van der Waals surface area contributed by atoms with Crippen LogP contribution in [0.2, 0.25) is 0 Å². The highest BCUT2D eigenvalue weighted by Crippen LogP contribution is 2.59. The average molecular weight is 642 g/mol. The molecule has 0 fully saturated rings. The summed E-state index contributed by atoms with van der Waals surface area (Å²) in [7, 11) is 0. The summed E-state index contributed by atoms with van der Waals surface area (Å²) in [6.07, 6.45) is 0. The van der Waals surface area contributed by atoms with Gasteiger partial charge in [0.05, 0.1) is 5.41 Å². The van der Waals surface area contributed by atoms with E-state index in [-0.39, 0.29) is 0 Å². The van der Waals surface area contributed by atoms with Crippen molar-refractivity contribution in [3.8, 4) is 33.4 Å². The van der Waals surface area contributed by atoms with Crippen molar-refractivity contribution in [2.75, 3.05) is 0 Å². The van der Waals surface area contributed by atoms with Gasteiger partial charge >= 0.3 is 0 Å². The minimum absolute atomic E-state index is 0.470. The van der Waals surface area contributed by atoms with Crippen LogP contribution < -0.4 is 0 Å². The number of rotatable bonds is 4. The van der Waals surface area contributed by atoms with Crippen molar-refractivity contribution in [1.29, 1.82) is 0 Å². The summed E-state index contributed by atoms with van der Waals surface area (Å²) in [6, 6.07) is 50.8. The first-order chi connectivity index (χ1) is 19.6. The van der Waals surface area contributed by atoms with E-state index in [9.17, 15) is 0 Å². The van der Waals surface area contributed by atoms with E-state index in [0.29, 0.717) is 0 Å². The quantitative estimate of drug-likeness (QED) is 0.179. The maximum atomic E-state index is 3.79. The lowest BCUT2D eigenvalue weighted by Crippen LogP contribution is -2.28. The summed E-state index contributed by atoms with van der Waals surface area (Å²) in [5.74, 6) is 0. The lowest BCUT2D eigenvalue weighted by molar-refractivity contribution is 0.767. The van der Waals surface area contributed by atoms with Gasteiger partial charge in [0.25, 0.3) is 0 Å². The normalized spacial score (nSPS) is 13.1. The van der Waals surface area contributed by atoms with Crippen LogP contribution in [0.15, 0.2) is 148 Å². The van der Waals surface area contributed by atoms with Gasteiger partial charge in [0.2, 0.25) is 0 Å². The zero-order valence-electron chi connectivity index (χ0n) is 22.0. The first kappa shape index (κ1) is 25.3. The van der Waals surface area contributed by atoms with Gasteiger partial charge in [-0.25, -0.2) is 0 Å². The van der Waals surface area contributed by atoms with Crippen LogP contribution in [-0.2, 0) is 5.41 Å². The van der Waals surface area contributed by atoms with E-state index in [1.165, 1.54) is 61.2 Å². The molecule has 1 aliphatic carbocycles. The number of halogens is 2. The Hall–Kier alpha value is -3.72. The second-order valence-corrected chi connectivity index (χ2v) is 12.2. The van der Waals surface area contributed by atoms with Gasteiger partial charge < -0.3 is 0 Å². The summed E-state index contributed by atoms with van der Waals surface area (Å²) in [5, 5.41) is 0. The first-order valence-electron chi connectivity index (χ1n) is 13.5. The Labute approximate surface area is 252 Å². The molecular formula is C38H26Br2. The van der Waals surface area contributed by atoms with Crippen molar-refractivity contribution in [2.24, 2.45) is 0 Å². The Morgan fingerprint density at radius 2 is 0.975 bits per heavy atom. The van der Waals surface area contributed by atoms with Gasteiger partial charge in [-0.2, -0.15) is 0 Å². The van der Waals surface area contributed by atoms with E-state index >= 15 is 0 Å². The summed E-state index contributed by atoms with van der Waals surface area (Å²) in [6.45, 7) is 2.25. The molecule has 192 valence electrons. The third kappa shape index (κ3) is 3.85. The van der Waals surface area contributed by atoms with Gasteiger partial charge in [-0.1, -0.05) is 147 Å². The van der Waals surface area contributed by atoms with Crippen LogP contribution in [0.25, 0.3) is 33.4 Å². The fourth-order valence-corrected chi connectivity index (χ4v) is 7.43. The zero-order chi connectivity index (χ0) is 27.3. The summed E-state index contributed by atoms with van der Waals surface area (Å²) in [5.41, 5.74) is 13.6. The molecule has 40 heavy (non-hydrogen) atoms. The van der Waals surface area contributed by atoms with Crippen LogP contribution in [0.3, 0.4) is 0 Å². The Balaban J connectivity index is 1.64. The molecule has 6 aromatic rings. The third-order valence-corrected chi connectivity index (χ3v) is 9.20. The molecular weight excluding hydrogens is 616 g/mol. The number of hydrogen-bond donors (Lipinski definition) is 0. The molecule has 0 unspecified atom stereocenters. The molecule has 0 saturated carbocycles. The van der Waals surface area contributed by atoms with Crippen LogP contribution in [-0.4, -0.2) is 0 Å². The maximum absolute atomic E-state index is 3.79. The first-order valence-corrected chi connectivity index (χ1v) is 15.1. The van der Waals surface area contributed by atoms with Gasteiger partial charge in [-0.3, -0.25) is 0 Å². The molecule has 0 radical (unpaired) electrons. The highest BCUT2D eigenvalue weighted by Gasteiger charge is 2.47. The van der Waals surface area contributed by atoms with Crippen molar-refractivity contribution in [2.45, 2.75) is 12.3 Å². The molecule has 0 aromatic heterocycles. The smallest absolute Gasteiger partial charge is 0.0622 e. The van der Waals surface area contributed by atoms with Crippen LogP contribution in [0.1, 0.15) is 27.8 Å². The maximum Gasteiger partial charge on any atom is 0.0714 e. The molecule has 0 saturated heterocycles. The van der Waals surface area contributed by atoms with Gasteiger partial charge in [0.15, 0.2) is 0 Å². The van der Waals surface area contributed by atoms with Gasteiger partial charge in [-0.05, 0) is 92.4 Å². The third-order valence-electron chi connectivity index (χ3n) is 8.21. The number of fused-ring (bicyclic) bond motifs is 3. The van der Waals surface area contributed by atoms with E-state index in [4.69, 9.17) is 0 Å². The molecule has 0 amide bonds. The number of benzene rings is 6. The summed E-state index contributed by atoms with van der Waals surface area (Å²) < 4.78 is 2.15. The van der Waals surface area contributed by atoms with Crippen LogP contribution in [0.4, 0.5) is 0 Å². The van der Waals surface area contributed by atoms with E-state index in [2.05, 4.69) is 178 Å². The average Bonchev–Trinajstić information content (AvgIpc) is 3.30. The largest absolute Gasteiger partial charge is 0.0714 e. The predicted octanol–water partition coefficient (Wildman–Crippen LogP) is 11.2. The highest BCUT2D eigenvalue weighted by atomic mass is 79.9. The second kappa shape index (κ2) is 10.0. The number of aryl methyl sites for hydroxylation is 1. The molecule has 0 aliphatic heterocycles. The Kier molecular flexibility index (Phi) is 6.34. The van der Waals surface area contributed by atoms with Crippen molar-refractivity contribution in [1.82, 2.24) is 0 Å². The zero-order valence-corrected chi connectivity index (χ0v) is 25.2. The SMILES string of the molecule is Cc1cccc2c1-c1c(-c3ccccc3-c3ccccc3)cccc1C2(c1cccc(Br)c1)c1cccc(Br)c1. The minimum Gasteiger partial charge on any atom is -0.0622 e. The molecule has 0 spiro atoms. The van der Waals surface area contributed by atoms with Gasteiger partial charge in [0, 0.05) is 8.95 Å². The molecule has 0 heterocycles. The standard InChI is InChI=1S/C38H26Br2/c1-25-11-7-21-34-36(25)37-33(32-19-6-5-18-31(32)26-12-3-2-4-13-26)20-10-22-35(37)38(34,27-14-8-16-29(39)23-27)28-15-9-17-30(40)24-28/h2-24H,1H3. The minimum atomic E-state index is -0.470. The second-order valence-electron chi connectivity index (χ2n) is 10.4. The Morgan fingerprint density at radius 3 is 1.62 bits per heavy atom. The fourth-order valence-electron chi connectivity index (χ4n) is 6.64. The van der Waals surface area contributed by atoms with Gasteiger partial charge in [-0.15, -0.1) is 0 Å². The van der Waals surface area contributed by atoms with E-state index < -0.39 is 5.41 Å². The fraction of sp³-hybridized carbons (Fsp3) is 0.0526. The molecule has 7 rings (SSSR count). The van der Waals surface area contributed by atoms with Crippen molar-refractivity contribution >= 4 is 31.9 Å².